The number of amides is 1. The van der Waals surface area contributed by atoms with Crippen LogP contribution in [0.25, 0.3) is 0 Å². The Morgan fingerprint density at radius 2 is 1.70 bits per heavy atom. The maximum atomic E-state index is 14.7. The molecule has 0 radical (unpaired) electrons. The third kappa shape index (κ3) is 3.19. The molecule has 0 bridgehead atoms. The molecule has 3 nitrogen and oxygen atoms in total. The van der Waals surface area contributed by atoms with Gasteiger partial charge in [-0.3, -0.25) is 4.79 Å². The lowest BCUT2D eigenvalue weighted by Gasteiger charge is -2.19. The highest BCUT2D eigenvalue weighted by Gasteiger charge is 2.39. The molecule has 136 valence electrons. The molecule has 1 aliphatic heterocycles. The molecular weight excluding hydrogens is 341 g/mol. The van der Waals surface area contributed by atoms with Gasteiger partial charge in [-0.05, 0) is 35.2 Å². The Balaban J connectivity index is 1.72. The highest BCUT2D eigenvalue weighted by atomic mass is 19.1. The summed E-state index contributed by atoms with van der Waals surface area (Å²) in [5.74, 6) is -0.121. The first-order valence-corrected chi connectivity index (χ1v) is 8.94. The summed E-state index contributed by atoms with van der Waals surface area (Å²) >= 11 is 0. The minimum Gasteiger partial charge on any atom is -0.496 e. The third-order valence-electron chi connectivity index (χ3n) is 5.03. The summed E-state index contributed by atoms with van der Waals surface area (Å²) in [4.78, 5) is 14.8. The lowest BCUT2D eigenvalue weighted by molar-refractivity contribution is -0.119. The second kappa shape index (κ2) is 7.23. The number of rotatable bonds is 5. The Kier molecular flexibility index (Phi) is 4.63. The highest BCUT2D eigenvalue weighted by Crippen LogP contribution is 2.42. The summed E-state index contributed by atoms with van der Waals surface area (Å²) < 4.78 is 20.1. The molecule has 0 saturated carbocycles. The molecule has 3 aromatic carbocycles. The molecule has 4 rings (SSSR count). The molecule has 1 aliphatic rings. The summed E-state index contributed by atoms with van der Waals surface area (Å²) in [5, 5.41) is 0. The first-order valence-electron chi connectivity index (χ1n) is 8.94. The van der Waals surface area contributed by atoms with E-state index in [1.54, 1.807) is 18.1 Å². The molecular formula is C23H20FNO2. The Hall–Kier alpha value is -3.14. The SMILES string of the molecule is COc1ccccc1CC1C(=O)N(Cc2ccccc2)c2c(F)cccc21. The van der Waals surface area contributed by atoms with E-state index in [0.717, 1.165) is 22.4 Å². The van der Waals surface area contributed by atoms with Gasteiger partial charge in [0.05, 0.1) is 25.3 Å². The lowest BCUT2D eigenvalue weighted by atomic mass is 9.92. The molecule has 4 heteroatoms. The molecule has 0 fully saturated rings. The summed E-state index contributed by atoms with van der Waals surface area (Å²) in [6, 6.07) is 22.2. The maximum absolute atomic E-state index is 14.7. The largest absolute Gasteiger partial charge is 0.496 e. The summed E-state index contributed by atoms with van der Waals surface area (Å²) in [6.45, 7) is 0.357. The summed E-state index contributed by atoms with van der Waals surface area (Å²) in [5.41, 5.74) is 3.04. The van der Waals surface area contributed by atoms with Gasteiger partial charge in [0.15, 0.2) is 0 Å². The van der Waals surface area contributed by atoms with Crippen LogP contribution in [0.2, 0.25) is 0 Å². The zero-order valence-corrected chi connectivity index (χ0v) is 15.1. The number of methoxy groups -OCH3 is 1. The van der Waals surface area contributed by atoms with E-state index >= 15 is 0 Å². The number of fused-ring (bicyclic) bond motifs is 1. The molecule has 1 heterocycles. The molecule has 1 unspecified atom stereocenters. The Labute approximate surface area is 158 Å². The molecule has 27 heavy (non-hydrogen) atoms. The first kappa shape index (κ1) is 17.3. The van der Waals surface area contributed by atoms with Crippen LogP contribution in [0.15, 0.2) is 72.8 Å². The maximum Gasteiger partial charge on any atom is 0.235 e. The van der Waals surface area contributed by atoms with Crippen LogP contribution in [0.1, 0.15) is 22.6 Å². The number of carbonyl (C=O) groups excluding carboxylic acids is 1. The van der Waals surface area contributed by atoms with Crippen molar-refractivity contribution in [2.45, 2.75) is 18.9 Å². The predicted octanol–water partition coefficient (Wildman–Crippen LogP) is 4.71. The van der Waals surface area contributed by atoms with Gasteiger partial charge in [-0.1, -0.05) is 60.7 Å². The number of hydrogen-bond acceptors (Lipinski definition) is 2. The van der Waals surface area contributed by atoms with Gasteiger partial charge in [-0.25, -0.2) is 4.39 Å². The number of halogens is 1. The fourth-order valence-corrected chi connectivity index (χ4v) is 3.74. The molecule has 0 saturated heterocycles. The fourth-order valence-electron chi connectivity index (χ4n) is 3.74. The van der Waals surface area contributed by atoms with Crippen LogP contribution >= 0.6 is 0 Å². The van der Waals surface area contributed by atoms with E-state index in [2.05, 4.69) is 0 Å². The second-order valence-corrected chi connectivity index (χ2v) is 6.66. The van der Waals surface area contributed by atoms with Gasteiger partial charge >= 0.3 is 0 Å². The average molecular weight is 361 g/mol. The summed E-state index contributed by atoms with van der Waals surface area (Å²) in [7, 11) is 1.62. The van der Waals surface area contributed by atoms with Gasteiger partial charge in [0.25, 0.3) is 0 Å². The molecule has 1 amide bonds. The average Bonchev–Trinajstić information content (AvgIpc) is 2.96. The van der Waals surface area contributed by atoms with Crippen molar-refractivity contribution >= 4 is 11.6 Å². The van der Waals surface area contributed by atoms with E-state index in [-0.39, 0.29) is 11.7 Å². The number of anilines is 1. The van der Waals surface area contributed by atoms with E-state index in [4.69, 9.17) is 4.74 Å². The quantitative estimate of drug-likeness (QED) is 0.659. The molecule has 3 aromatic rings. The monoisotopic (exact) mass is 361 g/mol. The zero-order chi connectivity index (χ0) is 18.8. The summed E-state index contributed by atoms with van der Waals surface area (Å²) in [6.07, 6.45) is 0.477. The minimum absolute atomic E-state index is 0.0788. The van der Waals surface area contributed by atoms with Gasteiger partial charge in [0, 0.05) is 0 Å². The third-order valence-corrected chi connectivity index (χ3v) is 5.03. The standard InChI is InChI=1S/C23H20FNO2/c1-27-21-13-6-5-10-17(21)14-19-18-11-7-12-20(24)22(18)25(23(19)26)15-16-8-3-2-4-9-16/h2-13,19H,14-15H2,1H3. The molecule has 0 N–H and O–H groups in total. The van der Waals surface area contributed by atoms with Crippen LogP contribution in [0.5, 0.6) is 5.75 Å². The fraction of sp³-hybridized carbons (Fsp3) is 0.174. The van der Waals surface area contributed by atoms with E-state index in [1.165, 1.54) is 6.07 Å². The smallest absolute Gasteiger partial charge is 0.235 e. The Bertz CT molecular complexity index is 971. The molecule has 1 atom stereocenters. The van der Waals surface area contributed by atoms with Crippen molar-refractivity contribution in [1.82, 2.24) is 0 Å². The van der Waals surface area contributed by atoms with Crippen molar-refractivity contribution in [3.8, 4) is 5.75 Å². The van der Waals surface area contributed by atoms with E-state index in [1.807, 2.05) is 60.7 Å². The van der Waals surface area contributed by atoms with Crippen LogP contribution < -0.4 is 9.64 Å². The molecule has 0 spiro atoms. The van der Waals surface area contributed by atoms with Crippen LogP contribution in [0.4, 0.5) is 10.1 Å². The number of carbonyl (C=O) groups is 1. The van der Waals surface area contributed by atoms with Gasteiger partial charge in [0.1, 0.15) is 11.6 Å². The topological polar surface area (TPSA) is 29.5 Å². The van der Waals surface area contributed by atoms with Gasteiger partial charge < -0.3 is 9.64 Å². The number of nitrogens with zero attached hydrogens (tertiary/aromatic N) is 1. The van der Waals surface area contributed by atoms with Gasteiger partial charge in [-0.2, -0.15) is 0 Å². The number of hydrogen-bond donors (Lipinski definition) is 0. The van der Waals surface area contributed by atoms with Crippen LogP contribution in [0, 0.1) is 5.82 Å². The van der Waals surface area contributed by atoms with E-state index in [9.17, 15) is 9.18 Å². The normalized spacial score (nSPS) is 15.7. The van der Waals surface area contributed by atoms with Crippen molar-refractivity contribution in [3.63, 3.8) is 0 Å². The van der Waals surface area contributed by atoms with E-state index < -0.39 is 5.92 Å². The van der Waals surface area contributed by atoms with Crippen molar-refractivity contribution in [1.29, 1.82) is 0 Å². The van der Waals surface area contributed by atoms with Crippen LogP contribution in [0.3, 0.4) is 0 Å². The van der Waals surface area contributed by atoms with Crippen molar-refractivity contribution in [2.24, 2.45) is 0 Å². The van der Waals surface area contributed by atoms with Crippen LogP contribution in [-0.4, -0.2) is 13.0 Å². The zero-order valence-electron chi connectivity index (χ0n) is 15.1. The van der Waals surface area contributed by atoms with Gasteiger partial charge in [0.2, 0.25) is 5.91 Å². The molecule has 0 aliphatic carbocycles. The first-order chi connectivity index (χ1) is 13.2. The highest BCUT2D eigenvalue weighted by molar-refractivity contribution is 6.05. The Morgan fingerprint density at radius 3 is 2.48 bits per heavy atom. The number of para-hydroxylation sites is 2. The predicted molar refractivity (Wildman–Crippen MR) is 103 cm³/mol. The molecule has 0 aromatic heterocycles. The lowest BCUT2D eigenvalue weighted by Crippen LogP contribution is -2.29. The van der Waals surface area contributed by atoms with Crippen LogP contribution in [-0.2, 0) is 17.8 Å². The van der Waals surface area contributed by atoms with E-state index in [0.29, 0.717) is 18.7 Å². The number of ether oxygens (including phenoxy) is 1. The number of benzene rings is 3. The minimum atomic E-state index is -0.421. The second-order valence-electron chi connectivity index (χ2n) is 6.66. The van der Waals surface area contributed by atoms with Crippen molar-refractivity contribution in [2.75, 3.05) is 12.0 Å². The van der Waals surface area contributed by atoms with Crippen molar-refractivity contribution < 1.29 is 13.9 Å². The van der Waals surface area contributed by atoms with Gasteiger partial charge in [-0.15, -0.1) is 0 Å². The Morgan fingerprint density at radius 1 is 0.963 bits per heavy atom. The van der Waals surface area contributed by atoms with Crippen molar-refractivity contribution in [3.05, 3.63) is 95.3 Å².